The minimum Gasteiger partial charge on any atom is -0.312 e. The Labute approximate surface area is 145 Å². The fourth-order valence-electron chi connectivity index (χ4n) is 2.17. The first-order valence-electron chi connectivity index (χ1n) is 7.18. The van der Waals surface area contributed by atoms with Crippen molar-refractivity contribution < 1.29 is 14.4 Å². The van der Waals surface area contributed by atoms with Crippen molar-refractivity contribution in [1.29, 1.82) is 0 Å². The van der Waals surface area contributed by atoms with Gasteiger partial charge in [0.05, 0.1) is 5.56 Å². The average molecular weight is 354 g/mol. The fraction of sp³-hybridized carbons (Fsp3) is 0.353. The van der Waals surface area contributed by atoms with Gasteiger partial charge in [-0.1, -0.05) is 37.2 Å². The van der Waals surface area contributed by atoms with Gasteiger partial charge < -0.3 is 4.84 Å². The number of nitrogens with zero attached hydrogens (tertiary/aromatic N) is 1. The Bertz CT molecular complexity index is 678. The molecule has 0 saturated carbocycles. The molecule has 122 valence electrons. The minimum atomic E-state index is -1.24. The van der Waals surface area contributed by atoms with Crippen molar-refractivity contribution in [3.63, 3.8) is 0 Å². The number of hydrogen-bond donors (Lipinski definition) is 0. The van der Waals surface area contributed by atoms with Gasteiger partial charge in [-0.15, -0.1) is 23.2 Å². The Hall–Kier alpha value is -1.65. The topological polar surface area (TPSA) is 55.7 Å². The van der Waals surface area contributed by atoms with Crippen LogP contribution in [0, 0.1) is 5.92 Å². The Morgan fingerprint density at radius 1 is 1.30 bits per heavy atom. The van der Waals surface area contributed by atoms with E-state index in [-0.39, 0.29) is 17.4 Å². The number of Topliss-reactive ketones (excluding diaryl/α,β-unsaturated/α-hetero) is 1. The molecule has 0 fully saturated rings. The quantitative estimate of drug-likeness (QED) is 0.469. The number of carbonyl (C=O) groups is 2. The predicted molar refractivity (Wildman–Crippen MR) is 91.1 cm³/mol. The highest BCUT2D eigenvalue weighted by molar-refractivity contribution is 6.51. The number of ketones is 1. The van der Waals surface area contributed by atoms with E-state index in [1.807, 2.05) is 13.8 Å². The number of allylic oxidation sites excluding steroid dienone is 2. The molecule has 1 aliphatic carbocycles. The molecule has 4 nitrogen and oxygen atoms in total. The van der Waals surface area contributed by atoms with Crippen molar-refractivity contribution in [1.82, 2.24) is 0 Å². The van der Waals surface area contributed by atoms with Gasteiger partial charge in [-0.3, -0.25) is 4.79 Å². The monoisotopic (exact) mass is 353 g/mol. The summed E-state index contributed by atoms with van der Waals surface area (Å²) < 4.78 is 0. The van der Waals surface area contributed by atoms with Gasteiger partial charge in [0.2, 0.25) is 0 Å². The highest BCUT2D eigenvalue weighted by atomic mass is 35.5. The lowest BCUT2D eigenvalue weighted by molar-refractivity contribution is -0.116. The van der Waals surface area contributed by atoms with Gasteiger partial charge in [-0.05, 0) is 31.1 Å². The van der Waals surface area contributed by atoms with Crippen molar-refractivity contribution >= 4 is 40.7 Å². The summed E-state index contributed by atoms with van der Waals surface area (Å²) >= 11 is 12.5. The van der Waals surface area contributed by atoms with E-state index in [9.17, 15) is 9.59 Å². The van der Waals surface area contributed by atoms with Crippen molar-refractivity contribution in [2.24, 2.45) is 11.1 Å². The molecule has 0 spiro atoms. The smallest absolute Gasteiger partial charge is 0.312 e. The zero-order valence-corrected chi connectivity index (χ0v) is 14.6. The van der Waals surface area contributed by atoms with E-state index in [0.29, 0.717) is 11.1 Å². The van der Waals surface area contributed by atoms with Gasteiger partial charge in [-0.25, -0.2) is 4.79 Å². The molecular formula is C17H17Cl2NO3. The van der Waals surface area contributed by atoms with Crippen LogP contribution < -0.4 is 0 Å². The molecule has 0 aromatic heterocycles. The first kappa shape index (κ1) is 17.7. The maximum atomic E-state index is 12.2. The third kappa shape index (κ3) is 3.65. The Morgan fingerprint density at radius 2 is 1.91 bits per heavy atom. The molecule has 1 aromatic rings. The van der Waals surface area contributed by atoms with E-state index in [2.05, 4.69) is 5.16 Å². The number of hydrogen-bond acceptors (Lipinski definition) is 4. The molecule has 1 aliphatic rings. The normalized spacial score (nSPS) is 26.3. The lowest BCUT2D eigenvalue weighted by Crippen LogP contribution is -2.47. The van der Waals surface area contributed by atoms with Crippen LogP contribution in [0.25, 0.3) is 0 Å². The van der Waals surface area contributed by atoms with Crippen LogP contribution in [0.4, 0.5) is 0 Å². The third-order valence-corrected chi connectivity index (χ3v) is 4.80. The minimum absolute atomic E-state index is 0.0356. The maximum Gasteiger partial charge on any atom is 0.365 e. The summed E-state index contributed by atoms with van der Waals surface area (Å²) in [5.41, 5.74) is 1.14. The van der Waals surface area contributed by atoms with Gasteiger partial charge in [0, 0.05) is 5.57 Å². The molecule has 2 rings (SSSR count). The summed E-state index contributed by atoms with van der Waals surface area (Å²) in [4.78, 5) is 27.9. The second-order valence-corrected chi connectivity index (χ2v) is 7.00. The van der Waals surface area contributed by atoms with Gasteiger partial charge in [-0.2, -0.15) is 0 Å². The van der Waals surface area contributed by atoms with Crippen LogP contribution in [-0.2, 0) is 9.63 Å². The van der Waals surface area contributed by atoms with Crippen LogP contribution >= 0.6 is 23.2 Å². The van der Waals surface area contributed by atoms with Crippen molar-refractivity contribution in [3.05, 3.63) is 47.5 Å². The summed E-state index contributed by atoms with van der Waals surface area (Å²) in [7, 11) is 0. The van der Waals surface area contributed by atoms with Gasteiger partial charge in [0.15, 0.2) is 5.78 Å². The lowest BCUT2D eigenvalue weighted by Gasteiger charge is -2.32. The van der Waals surface area contributed by atoms with Gasteiger partial charge in [0.1, 0.15) is 16.0 Å². The van der Waals surface area contributed by atoms with Crippen molar-refractivity contribution in [3.8, 4) is 0 Å². The third-order valence-electron chi connectivity index (χ3n) is 3.64. The molecule has 1 aromatic carbocycles. The Balaban J connectivity index is 2.31. The van der Waals surface area contributed by atoms with Crippen molar-refractivity contribution in [2.75, 3.05) is 0 Å². The molecular weight excluding hydrogens is 337 g/mol. The molecule has 6 heteroatoms. The van der Waals surface area contributed by atoms with E-state index in [1.54, 1.807) is 43.3 Å². The van der Waals surface area contributed by atoms with Crippen LogP contribution in [0.1, 0.15) is 31.1 Å². The second-order valence-electron chi connectivity index (χ2n) is 5.78. The number of carbonyl (C=O) groups excluding carboxylic acids is 2. The van der Waals surface area contributed by atoms with Crippen LogP contribution in [-0.4, -0.2) is 27.7 Å². The standard InChI is InChI=1S/C17H17Cl2NO3/c1-10(2)12-9-13(17(3,19)15(18)14(12)21)20-23-16(22)11-7-5-4-6-8-11/h4-10,15H,1-3H3/b20-13-. The van der Waals surface area contributed by atoms with E-state index < -0.39 is 16.2 Å². The first-order valence-corrected chi connectivity index (χ1v) is 8.00. The number of benzene rings is 1. The molecule has 0 saturated heterocycles. The summed E-state index contributed by atoms with van der Waals surface area (Å²) in [5, 5.41) is 2.88. The highest BCUT2D eigenvalue weighted by Crippen LogP contribution is 2.35. The van der Waals surface area contributed by atoms with E-state index in [4.69, 9.17) is 28.0 Å². The van der Waals surface area contributed by atoms with Crippen molar-refractivity contribution in [2.45, 2.75) is 31.0 Å². The fourth-order valence-corrected chi connectivity index (χ4v) is 2.59. The summed E-state index contributed by atoms with van der Waals surface area (Å²) in [6.07, 6.45) is 1.55. The maximum absolute atomic E-state index is 12.2. The number of alkyl halides is 2. The molecule has 0 heterocycles. The summed E-state index contributed by atoms with van der Waals surface area (Å²) in [5.74, 6) is -0.868. The second kappa shape index (κ2) is 6.85. The SMILES string of the molecule is CC(C)C1=C/C(=N/OC(=O)c2ccccc2)C(C)(Cl)C(Cl)C1=O. The molecule has 0 bridgehead atoms. The molecule has 0 amide bonds. The van der Waals surface area contributed by atoms with E-state index >= 15 is 0 Å². The summed E-state index contributed by atoms with van der Waals surface area (Å²) in [6, 6.07) is 8.47. The van der Waals surface area contributed by atoms with Crippen LogP contribution in [0.3, 0.4) is 0 Å². The zero-order valence-electron chi connectivity index (χ0n) is 13.0. The first-order chi connectivity index (χ1) is 10.7. The Morgan fingerprint density at radius 3 is 2.48 bits per heavy atom. The average Bonchev–Trinajstić information content (AvgIpc) is 2.52. The molecule has 0 radical (unpaired) electrons. The van der Waals surface area contributed by atoms with Gasteiger partial charge in [0.25, 0.3) is 0 Å². The zero-order chi connectivity index (χ0) is 17.2. The predicted octanol–water partition coefficient (Wildman–Crippen LogP) is 3.97. The van der Waals surface area contributed by atoms with Gasteiger partial charge >= 0.3 is 5.97 Å². The molecule has 0 aliphatic heterocycles. The highest BCUT2D eigenvalue weighted by Gasteiger charge is 2.45. The summed E-state index contributed by atoms with van der Waals surface area (Å²) in [6.45, 7) is 5.32. The molecule has 0 N–H and O–H groups in total. The molecule has 23 heavy (non-hydrogen) atoms. The van der Waals surface area contributed by atoms with Crippen LogP contribution in [0.5, 0.6) is 0 Å². The number of rotatable bonds is 3. The number of oxime groups is 1. The number of halogens is 2. The largest absolute Gasteiger partial charge is 0.365 e. The molecule has 2 unspecified atom stereocenters. The lowest BCUT2D eigenvalue weighted by atomic mass is 9.82. The molecule has 2 atom stereocenters. The van der Waals surface area contributed by atoms with Crippen LogP contribution in [0.2, 0.25) is 0 Å². The van der Waals surface area contributed by atoms with E-state index in [1.165, 1.54) is 0 Å². The van der Waals surface area contributed by atoms with E-state index in [0.717, 1.165) is 0 Å². The van der Waals surface area contributed by atoms with Crippen LogP contribution in [0.15, 0.2) is 47.1 Å². The Kier molecular flexibility index (Phi) is 5.27.